The molecule has 4 nitrogen and oxygen atoms in total. The van der Waals surface area contributed by atoms with Gasteiger partial charge in [-0.2, -0.15) is 5.26 Å². The van der Waals surface area contributed by atoms with E-state index >= 15 is 0 Å². The van der Waals surface area contributed by atoms with Crippen LogP contribution in [0.1, 0.15) is 27.7 Å². The van der Waals surface area contributed by atoms with Crippen LogP contribution in [-0.2, 0) is 10.0 Å². The Hall–Kier alpha value is 0.840. The van der Waals surface area contributed by atoms with E-state index in [0.29, 0.717) is 3.71 Å². The van der Waals surface area contributed by atoms with Gasteiger partial charge in [0.1, 0.15) is 5.54 Å². The van der Waals surface area contributed by atoms with Crippen molar-refractivity contribution < 1.29 is 12.8 Å². The highest BCUT2D eigenvalue weighted by atomic mass is 35.5. The second kappa shape index (κ2) is 6.53. The molecule has 0 spiro atoms. The van der Waals surface area contributed by atoms with Gasteiger partial charge in [0.25, 0.3) is 0 Å². The summed E-state index contributed by atoms with van der Waals surface area (Å²) >= 11 is 21.8. The van der Waals surface area contributed by atoms with Gasteiger partial charge in [-0.15, -0.1) is 3.71 Å². The fraction of sp³-hybridized carbons (Fsp3) is 0.889. The Kier molecular flexibility index (Phi) is 6.80. The fourth-order valence-electron chi connectivity index (χ4n) is 0.872. The Balaban J connectivity index is 5.82. The molecule has 0 bridgehead atoms. The molecule has 0 saturated heterocycles. The van der Waals surface area contributed by atoms with E-state index in [1.165, 1.54) is 27.7 Å². The lowest BCUT2D eigenvalue weighted by Crippen LogP contribution is -2.48. The first-order valence-electron chi connectivity index (χ1n) is 5.19. The van der Waals surface area contributed by atoms with Gasteiger partial charge in [0.15, 0.2) is 0 Å². The summed E-state index contributed by atoms with van der Waals surface area (Å²) < 4.78 is 33.1. The summed E-state index contributed by atoms with van der Waals surface area (Å²) in [7, 11) is -3.98. The summed E-state index contributed by atoms with van der Waals surface area (Å²) in [5, 5.41) is 8.21. The van der Waals surface area contributed by atoms with Crippen LogP contribution in [0.2, 0.25) is 0 Å². The average Bonchev–Trinajstić information content (AvgIpc) is 2.23. The number of hydrogen-bond donors (Lipinski definition) is 0. The van der Waals surface area contributed by atoms with Crippen molar-refractivity contribution in [1.82, 2.24) is 3.71 Å². The molecule has 0 N–H and O–H groups in total. The Morgan fingerprint density at radius 2 is 1.65 bits per heavy atom. The number of sulfonamides is 1. The molecule has 0 aliphatic carbocycles. The first kappa shape index (κ1) is 20.8. The van der Waals surface area contributed by atoms with Crippen molar-refractivity contribution >= 4 is 68.4 Å². The van der Waals surface area contributed by atoms with Crippen LogP contribution in [0, 0.1) is 11.3 Å². The van der Waals surface area contributed by atoms with Crippen LogP contribution in [0.3, 0.4) is 0 Å². The fourth-order valence-corrected chi connectivity index (χ4v) is 4.65. The minimum Gasteiger partial charge on any atom is -0.211 e. The first-order valence-corrected chi connectivity index (χ1v) is 8.97. The van der Waals surface area contributed by atoms with Crippen molar-refractivity contribution in [2.45, 2.75) is 46.7 Å². The smallest absolute Gasteiger partial charge is 0.211 e. The van der Waals surface area contributed by atoms with Crippen molar-refractivity contribution in [2.75, 3.05) is 0 Å². The zero-order valence-corrected chi connectivity index (χ0v) is 15.7. The lowest BCUT2D eigenvalue weighted by Gasteiger charge is -2.37. The van der Waals surface area contributed by atoms with Crippen LogP contribution in [0.25, 0.3) is 0 Å². The molecule has 118 valence electrons. The molecule has 0 saturated carbocycles. The maximum absolute atomic E-state index is 13.6. The number of nitriles is 1. The highest BCUT2D eigenvalue weighted by molar-refractivity contribution is 8.11. The molecule has 0 atom stereocenters. The normalized spacial score (nSPS) is 14.7. The largest absolute Gasteiger partial charge is 0.301 e. The molecule has 0 aromatic heterocycles. The quantitative estimate of drug-likeness (QED) is 0.490. The minimum atomic E-state index is -3.98. The molecule has 0 rings (SSSR count). The summed E-state index contributed by atoms with van der Waals surface area (Å²) in [6.07, 6.45) is 0. The van der Waals surface area contributed by atoms with Gasteiger partial charge in [-0.05, 0) is 39.6 Å². The van der Waals surface area contributed by atoms with Gasteiger partial charge in [0.2, 0.25) is 13.7 Å². The summed E-state index contributed by atoms with van der Waals surface area (Å²) in [4.78, 5) is 0. The molecule has 20 heavy (non-hydrogen) atoms. The molecule has 0 fully saturated rings. The molecule has 0 heterocycles. The molecule has 0 amide bonds. The van der Waals surface area contributed by atoms with Crippen LogP contribution in [0.5, 0.6) is 0 Å². The lowest BCUT2D eigenvalue weighted by atomic mass is 10.1. The molecule has 0 aromatic rings. The van der Waals surface area contributed by atoms with Crippen molar-refractivity contribution in [3.8, 4) is 6.07 Å². The molecule has 0 unspecified atom stereocenters. The van der Waals surface area contributed by atoms with Crippen molar-refractivity contribution in [3.05, 3.63) is 0 Å². The van der Waals surface area contributed by atoms with Gasteiger partial charge in [0.05, 0.1) is 11.3 Å². The van der Waals surface area contributed by atoms with Gasteiger partial charge in [-0.1, -0.05) is 46.4 Å². The third kappa shape index (κ3) is 4.67. The summed E-state index contributed by atoms with van der Waals surface area (Å²) in [5.74, 6) is 0. The average molecular weight is 406 g/mol. The first-order chi connectivity index (χ1) is 8.59. The van der Waals surface area contributed by atoms with Crippen LogP contribution in [0.4, 0.5) is 4.39 Å². The third-order valence-corrected chi connectivity index (χ3v) is 8.29. The van der Waals surface area contributed by atoms with Crippen LogP contribution in [0.15, 0.2) is 0 Å². The maximum atomic E-state index is 13.6. The second-order valence-electron chi connectivity index (χ2n) is 4.60. The van der Waals surface area contributed by atoms with E-state index in [9.17, 15) is 12.8 Å². The number of alkyl halides is 5. The molecule has 0 aliphatic rings. The summed E-state index contributed by atoms with van der Waals surface area (Å²) in [5.41, 5.74) is -1.54. The minimum absolute atomic E-state index is 0.136. The van der Waals surface area contributed by atoms with Crippen molar-refractivity contribution in [1.29, 1.82) is 5.26 Å². The maximum Gasteiger partial charge on any atom is 0.301 e. The van der Waals surface area contributed by atoms with E-state index in [2.05, 4.69) is 0 Å². The van der Waals surface area contributed by atoms with Gasteiger partial charge in [0, 0.05) is 0 Å². The van der Waals surface area contributed by atoms with Crippen LogP contribution in [-0.4, -0.2) is 31.2 Å². The van der Waals surface area contributed by atoms with Gasteiger partial charge >= 0.3 is 4.59 Å². The zero-order chi connectivity index (χ0) is 16.6. The number of nitrogens with zero attached hydrogens (tertiary/aromatic N) is 2. The standard InChI is InChI=1S/C9H13Cl4FN2O2S2/c1-6(2)20(17,18)16(7(3,4)5-15)19-9(12,13)8(10,11)14/h6H,1-4H3. The topological polar surface area (TPSA) is 61.2 Å². The highest BCUT2D eigenvalue weighted by Gasteiger charge is 2.54. The molecule has 0 aliphatic heterocycles. The Bertz CT molecular complexity index is 497. The van der Waals surface area contributed by atoms with Gasteiger partial charge < -0.3 is 0 Å². The predicted molar refractivity (Wildman–Crippen MR) is 83.2 cm³/mol. The number of rotatable bonds is 6. The Labute approximate surface area is 142 Å². The molecular weight excluding hydrogens is 393 g/mol. The second-order valence-corrected chi connectivity index (χ2v) is 11.3. The van der Waals surface area contributed by atoms with Crippen molar-refractivity contribution in [3.63, 3.8) is 0 Å². The third-order valence-electron chi connectivity index (χ3n) is 2.08. The van der Waals surface area contributed by atoms with E-state index in [4.69, 9.17) is 51.7 Å². The van der Waals surface area contributed by atoms with E-state index < -0.39 is 29.1 Å². The zero-order valence-electron chi connectivity index (χ0n) is 11.0. The highest BCUT2D eigenvalue weighted by Crippen LogP contribution is 2.54. The van der Waals surface area contributed by atoms with E-state index in [-0.39, 0.29) is 11.9 Å². The lowest BCUT2D eigenvalue weighted by molar-refractivity contribution is 0.388. The van der Waals surface area contributed by atoms with E-state index in [1.54, 1.807) is 6.07 Å². The summed E-state index contributed by atoms with van der Waals surface area (Å²) in [6.45, 7) is 5.41. The monoisotopic (exact) mass is 404 g/mol. The van der Waals surface area contributed by atoms with Crippen molar-refractivity contribution in [2.24, 2.45) is 0 Å². The predicted octanol–water partition coefficient (Wildman–Crippen LogP) is 4.21. The van der Waals surface area contributed by atoms with Crippen LogP contribution >= 0.6 is 58.4 Å². The molecule has 0 aromatic carbocycles. The van der Waals surface area contributed by atoms with Gasteiger partial charge in [-0.25, -0.2) is 12.8 Å². The number of halogens is 5. The van der Waals surface area contributed by atoms with Gasteiger partial charge in [-0.3, -0.25) is 0 Å². The molecule has 11 heteroatoms. The Morgan fingerprint density at radius 1 is 1.25 bits per heavy atom. The Morgan fingerprint density at radius 3 is 1.90 bits per heavy atom. The molecule has 0 radical (unpaired) electrons. The van der Waals surface area contributed by atoms with Crippen LogP contribution < -0.4 is 0 Å². The SMILES string of the molecule is CC(C)S(=O)(=O)N(SC(Cl)(Cl)C(F)(Cl)Cl)C(C)(C)C#N. The van der Waals surface area contributed by atoms with E-state index in [0.717, 1.165) is 0 Å². The number of hydrogen-bond acceptors (Lipinski definition) is 4. The molecular formula is C9H13Cl4FN2O2S2. The summed E-state index contributed by atoms with van der Waals surface area (Å²) in [6, 6.07) is 1.78. The van der Waals surface area contributed by atoms with E-state index in [1.807, 2.05) is 0 Å².